The molecule has 29 heavy (non-hydrogen) atoms. The maximum atomic E-state index is 12.9. The molecular weight excluding hydrogens is 403 g/mol. The number of Topliss-reactive ketones (excluding diaryl/α,β-unsaturated/α-hetero) is 1. The predicted octanol–water partition coefficient (Wildman–Crippen LogP) is 1.83. The van der Waals surface area contributed by atoms with Crippen molar-refractivity contribution in [2.75, 3.05) is 25.5 Å². The minimum absolute atomic E-state index is 0.187. The molecule has 2 aromatic carbocycles. The zero-order chi connectivity index (χ0) is 21.6. The molecule has 8 nitrogen and oxygen atoms in total. The normalized spacial score (nSPS) is 11.2. The van der Waals surface area contributed by atoms with Gasteiger partial charge in [0.05, 0.1) is 10.6 Å². The number of hydrogen-bond donors (Lipinski definition) is 1. The highest BCUT2D eigenvalue weighted by Gasteiger charge is 2.24. The van der Waals surface area contributed by atoms with Crippen LogP contribution in [0.15, 0.2) is 53.4 Å². The number of hydrogen-bond acceptors (Lipinski definition) is 6. The summed E-state index contributed by atoms with van der Waals surface area (Å²) >= 11 is 0. The van der Waals surface area contributed by atoms with Crippen LogP contribution in [-0.4, -0.2) is 50.6 Å². The molecule has 0 fully saturated rings. The van der Waals surface area contributed by atoms with Crippen LogP contribution in [0.2, 0.25) is 0 Å². The molecule has 10 heteroatoms. The Morgan fingerprint density at radius 1 is 1.07 bits per heavy atom. The predicted molar refractivity (Wildman–Crippen MR) is 102 cm³/mol. The summed E-state index contributed by atoms with van der Waals surface area (Å²) in [6, 6.07) is 10.5. The second kappa shape index (κ2) is 9.39. The first kappa shape index (κ1) is 22.2. The molecule has 0 aliphatic heterocycles. The van der Waals surface area contributed by atoms with Crippen molar-refractivity contribution in [2.45, 2.75) is 11.8 Å². The molecule has 0 aliphatic rings. The van der Waals surface area contributed by atoms with Gasteiger partial charge >= 0.3 is 5.97 Å². The van der Waals surface area contributed by atoms with Gasteiger partial charge in [-0.25, -0.2) is 12.8 Å². The number of amides is 1. The number of carbonyl (C=O) groups excluding carboxylic acids is 3. The molecule has 0 radical (unpaired) electrons. The summed E-state index contributed by atoms with van der Waals surface area (Å²) in [6.45, 7) is 0.0505. The highest BCUT2D eigenvalue weighted by molar-refractivity contribution is 7.89. The van der Waals surface area contributed by atoms with E-state index in [2.05, 4.69) is 5.32 Å². The van der Waals surface area contributed by atoms with Gasteiger partial charge in [-0.1, -0.05) is 12.1 Å². The minimum Gasteiger partial charge on any atom is -0.455 e. The van der Waals surface area contributed by atoms with Crippen molar-refractivity contribution in [1.82, 2.24) is 4.31 Å². The van der Waals surface area contributed by atoms with Crippen molar-refractivity contribution in [3.63, 3.8) is 0 Å². The molecule has 154 valence electrons. The number of para-hydroxylation sites is 1. The third kappa shape index (κ3) is 5.93. The Hall–Kier alpha value is -3.11. The molecule has 1 amide bonds. The lowest BCUT2D eigenvalue weighted by Crippen LogP contribution is -2.34. The molecule has 0 bridgehead atoms. The number of rotatable bonds is 8. The van der Waals surface area contributed by atoms with Crippen LogP contribution in [0.5, 0.6) is 0 Å². The largest absolute Gasteiger partial charge is 0.455 e. The van der Waals surface area contributed by atoms with Gasteiger partial charge in [0.1, 0.15) is 12.4 Å². The van der Waals surface area contributed by atoms with Crippen molar-refractivity contribution in [2.24, 2.45) is 0 Å². The molecule has 1 N–H and O–H groups in total. The van der Waals surface area contributed by atoms with E-state index in [1.807, 2.05) is 0 Å². The number of anilines is 1. The maximum Gasteiger partial charge on any atom is 0.321 e. The van der Waals surface area contributed by atoms with Crippen molar-refractivity contribution in [1.29, 1.82) is 0 Å². The summed E-state index contributed by atoms with van der Waals surface area (Å²) in [4.78, 5) is 35.2. The van der Waals surface area contributed by atoms with Gasteiger partial charge in [0.25, 0.3) is 5.91 Å². The molecule has 2 aromatic rings. The van der Waals surface area contributed by atoms with E-state index in [4.69, 9.17) is 4.74 Å². The van der Waals surface area contributed by atoms with Gasteiger partial charge in [-0.05, 0) is 43.3 Å². The van der Waals surface area contributed by atoms with Gasteiger partial charge in [0.15, 0.2) is 12.4 Å². The smallest absolute Gasteiger partial charge is 0.321 e. The molecule has 0 aromatic heterocycles. The van der Waals surface area contributed by atoms with E-state index in [-0.39, 0.29) is 16.4 Å². The summed E-state index contributed by atoms with van der Waals surface area (Å²) in [6.07, 6.45) is 0. The molecular formula is C19H19FN2O6S. The van der Waals surface area contributed by atoms with E-state index >= 15 is 0 Å². The van der Waals surface area contributed by atoms with Gasteiger partial charge in [-0.15, -0.1) is 0 Å². The Morgan fingerprint density at radius 3 is 2.31 bits per heavy atom. The quantitative estimate of drug-likeness (QED) is 0.513. The lowest BCUT2D eigenvalue weighted by atomic mass is 10.1. The lowest BCUT2D eigenvalue weighted by molar-refractivity contribution is -0.147. The van der Waals surface area contributed by atoms with Crippen molar-refractivity contribution < 1.29 is 31.9 Å². The van der Waals surface area contributed by atoms with Crippen LogP contribution in [0.1, 0.15) is 17.3 Å². The molecule has 0 unspecified atom stereocenters. The lowest BCUT2D eigenvalue weighted by Gasteiger charge is -2.16. The fraction of sp³-hybridized carbons (Fsp3) is 0.211. The number of carbonyl (C=O) groups is 3. The average Bonchev–Trinajstić information content (AvgIpc) is 2.67. The number of halogens is 1. The van der Waals surface area contributed by atoms with Crippen LogP contribution in [0, 0.1) is 5.82 Å². The van der Waals surface area contributed by atoms with Crippen LogP contribution in [0.4, 0.5) is 10.1 Å². The number of sulfonamides is 1. The third-order valence-electron chi connectivity index (χ3n) is 3.82. The van der Waals surface area contributed by atoms with Crippen molar-refractivity contribution in [3.8, 4) is 0 Å². The summed E-state index contributed by atoms with van der Waals surface area (Å²) in [5.41, 5.74) is 0.578. The number of esters is 1. The van der Waals surface area contributed by atoms with Crippen LogP contribution in [-0.2, 0) is 24.3 Å². The third-order valence-corrected chi connectivity index (χ3v) is 5.64. The van der Waals surface area contributed by atoms with E-state index in [9.17, 15) is 27.2 Å². The van der Waals surface area contributed by atoms with Crippen LogP contribution in [0.3, 0.4) is 0 Å². The molecule has 0 aliphatic carbocycles. The van der Waals surface area contributed by atoms with E-state index in [1.165, 1.54) is 13.0 Å². The molecule has 0 saturated heterocycles. The Labute approximate surface area is 167 Å². The molecule has 0 saturated carbocycles. The fourth-order valence-corrected chi connectivity index (χ4v) is 3.45. The minimum atomic E-state index is -4.03. The molecule has 0 atom stereocenters. The van der Waals surface area contributed by atoms with Crippen LogP contribution in [0.25, 0.3) is 0 Å². The number of likely N-dealkylation sites (N-methyl/N-ethyl adjacent to an activating group) is 1. The maximum absolute atomic E-state index is 12.9. The van der Waals surface area contributed by atoms with Gasteiger partial charge in [0.2, 0.25) is 10.0 Å². The Kier molecular flexibility index (Phi) is 7.18. The molecule has 0 heterocycles. The second-order valence-electron chi connectivity index (χ2n) is 6.03. The van der Waals surface area contributed by atoms with Crippen molar-refractivity contribution >= 4 is 33.4 Å². The Balaban J connectivity index is 1.91. The first-order valence-electron chi connectivity index (χ1n) is 8.38. The monoisotopic (exact) mass is 422 g/mol. The van der Waals surface area contributed by atoms with Gasteiger partial charge in [-0.2, -0.15) is 4.31 Å². The highest BCUT2D eigenvalue weighted by atomic mass is 32.2. The zero-order valence-corrected chi connectivity index (χ0v) is 16.5. The topological polar surface area (TPSA) is 110 Å². The summed E-state index contributed by atoms with van der Waals surface area (Å²) in [5.74, 6) is -2.47. The highest BCUT2D eigenvalue weighted by Crippen LogP contribution is 2.16. The Bertz CT molecular complexity index is 1020. The van der Waals surface area contributed by atoms with E-state index in [0.717, 1.165) is 35.6 Å². The second-order valence-corrected chi connectivity index (χ2v) is 8.07. The number of ether oxygens (including phenoxy) is 1. The average molecular weight is 422 g/mol. The number of nitrogens with zero attached hydrogens (tertiary/aromatic N) is 1. The van der Waals surface area contributed by atoms with Gasteiger partial charge in [0, 0.05) is 12.6 Å². The zero-order valence-electron chi connectivity index (χ0n) is 15.7. The van der Waals surface area contributed by atoms with E-state index in [0.29, 0.717) is 5.56 Å². The standard InChI is InChI=1S/C19H19FN2O6S/c1-13(23)16-5-3-4-6-17(16)21-18(24)12-28-19(25)11-22(2)29(26,27)15-9-7-14(20)8-10-15/h3-10H,11-12H2,1-2H3,(H,21,24). The first-order chi connectivity index (χ1) is 13.6. The van der Waals surface area contributed by atoms with Crippen molar-refractivity contribution in [3.05, 3.63) is 59.9 Å². The molecule has 2 rings (SSSR count). The van der Waals surface area contributed by atoms with Gasteiger partial charge < -0.3 is 10.1 Å². The van der Waals surface area contributed by atoms with Crippen LogP contribution < -0.4 is 5.32 Å². The van der Waals surface area contributed by atoms with E-state index in [1.54, 1.807) is 18.2 Å². The number of benzene rings is 2. The van der Waals surface area contributed by atoms with E-state index < -0.39 is 40.9 Å². The SMILES string of the molecule is CC(=O)c1ccccc1NC(=O)COC(=O)CN(C)S(=O)(=O)c1ccc(F)cc1. The van der Waals surface area contributed by atoms with Gasteiger partial charge in [-0.3, -0.25) is 14.4 Å². The Morgan fingerprint density at radius 2 is 1.69 bits per heavy atom. The molecule has 0 spiro atoms. The summed E-state index contributed by atoms with van der Waals surface area (Å²) in [7, 11) is -2.87. The number of nitrogens with one attached hydrogen (secondary N) is 1. The number of ketones is 1. The first-order valence-corrected chi connectivity index (χ1v) is 9.82. The van der Waals surface area contributed by atoms with Crippen LogP contribution >= 0.6 is 0 Å². The summed E-state index contributed by atoms with van der Waals surface area (Å²) < 4.78 is 43.2. The summed E-state index contributed by atoms with van der Waals surface area (Å²) in [5, 5.41) is 2.46. The fourth-order valence-electron chi connectivity index (χ4n) is 2.33.